The summed E-state index contributed by atoms with van der Waals surface area (Å²) in [5, 5.41) is 20.0. The Morgan fingerprint density at radius 1 is 1.35 bits per heavy atom. The largest absolute Gasteiger partial charge is 0.444 e. The number of nitrogens with zero attached hydrogens (tertiary/aromatic N) is 4. The first-order valence-corrected chi connectivity index (χ1v) is 7.70. The predicted molar refractivity (Wildman–Crippen MR) is 92.6 cm³/mol. The van der Waals surface area contributed by atoms with E-state index in [1.165, 1.54) is 6.26 Å². The third-order valence-corrected chi connectivity index (χ3v) is 3.90. The van der Waals surface area contributed by atoms with Crippen LogP contribution in [0.15, 0.2) is 45.9 Å². The number of rotatable bonds is 4. The fourth-order valence-corrected chi connectivity index (χ4v) is 2.65. The lowest BCUT2D eigenvalue weighted by Crippen LogP contribution is -2.23. The second-order valence-corrected chi connectivity index (χ2v) is 5.88. The van der Waals surface area contributed by atoms with E-state index >= 15 is 0 Å². The molecule has 3 aromatic rings. The van der Waals surface area contributed by atoms with Crippen LogP contribution in [0.4, 0.5) is 5.69 Å². The van der Waals surface area contributed by atoms with E-state index in [2.05, 4.69) is 4.98 Å². The average Bonchev–Trinajstić information content (AvgIpc) is 3.04. The Hall–Kier alpha value is -3.73. The summed E-state index contributed by atoms with van der Waals surface area (Å²) < 4.78 is 6.58. The van der Waals surface area contributed by atoms with Crippen LogP contribution in [0.25, 0.3) is 11.5 Å². The van der Waals surface area contributed by atoms with Crippen LogP contribution in [0, 0.1) is 35.3 Å². The summed E-state index contributed by atoms with van der Waals surface area (Å²) in [5.74, 6) is 0.400. The standard InChI is InChI=1S/C18H14N4O4/c1-11-3-4-16(12(2)5-11)17-20-14(10-26-17)8-21-9-15(22(24)25)6-13(7-19)18(21)23/h3-6,9-10H,8H2,1-2H3. The average molecular weight is 350 g/mol. The van der Waals surface area contributed by atoms with Crippen LogP contribution in [0.3, 0.4) is 0 Å². The second kappa shape index (κ2) is 6.64. The molecule has 0 bridgehead atoms. The van der Waals surface area contributed by atoms with Gasteiger partial charge in [-0.15, -0.1) is 0 Å². The van der Waals surface area contributed by atoms with Gasteiger partial charge in [-0.05, 0) is 25.5 Å². The van der Waals surface area contributed by atoms with Gasteiger partial charge in [-0.3, -0.25) is 14.9 Å². The Kier molecular flexibility index (Phi) is 4.37. The molecule has 0 aliphatic heterocycles. The summed E-state index contributed by atoms with van der Waals surface area (Å²) >= 11 is 0. The van der Waals surface area contributed by atoms with Gasteiger partial charge in [0.05, 0.1) is 23.4 Å². The van der Waals surface area contributed by atoms with E-state index < -0.39 is 10.5 Å². The first-order valence-electron chi connectivity index (χ1n) is 7.70. The molecule has 0 fully saturated rings. The molecule has 0 spiro atoms. The molecule has 2 aromatic heterocycles. The maximum absolute atomic E-state index is 12.2. The fraction of sp³-hybridized carbons (Fsp3) is 0.167. The van der Waals surface area contributed by atoms with E-state index in [4.69, 9.17) is 9.68 Å². The summed E-state index contributed by atoms with van der Waals surface area (Å²) in [7, 11) is 0. The van der Waals surface area contributed by atoms with Crippen LogP contribution in [0.1, 0.15) is 22.4 Å². The van der Waals surface area contributed by atoms with Crippen LogP contribution >= 0.6 is 0 Å². The van der Waals surface area contributed by atoms with Crippen molar-refractivity contribution < 1.29 is 9.34 Å². The minimum atomic E-state index is -0.652. The maximum atomic E-state index is 12.2. The molecule has 3 rings (SSSR count). The summed E-state index contributed by atoms with van der Waals surface area (Å²) in [6.07, 6.45) is 2.49. The number of aromatic nitrogens is 2. The fourth-order valence-electron chi connectivity index (χ4n) is 2.65. The number of oxazole rings is 1. The molecule has 0 unspecified atom stereocenters. The highest BCUT2D eigenvalue weighted by molar-refractivity contribution is 5.59. The van der Waals surface area contributed by atoms with Crippen LogP contribution in [-0.4, -0.2) is 14.5 Å². The molecule has 0 radical (unpaired) electrons. The SMILES string of the molecule is Cc1ccc(-c2nc(Cn3cc([N+](=O)[O-])cc(C#N)c3=O)co2)c(C)c1. The van der Waals surface area contributed by atoms with Gasteiger partial charge in [0.1, 0.15) is 17.9 Å². The van der Waals surface area contributed by atoms with Crippen molar-refractivity contribution >= 4 is 5.69 Å². The van der Waals surface area contributed by atoms with Gasteiger partial charge in [-0.1, -0.05) is 17.7 Å². The zero-order valence-corrected chi connectivity index (χ0v) is 14.1. The summed E-state index contributed by atoms with van der Waals surface area (Å²) in [6, 6.07) is 8.48. The van der Waals surface area contributed by atoms with E-state index in [0.29, 0.717) is 11.6 Å². The highest BCUT2D eigenvalue weighted by atomic mass is 16.6. The molecule has 0 aliphatic carbocycles. The van der Waals surface area contributed by atoms with Crippen molar-refractivity contribution in [3.63, 3.8) is 0 Å². The van der Waals surface area contributed by atoms with Crippen molar-refractivity contribution in [3.8, 4) is 17.5 Å². The highest BCUT2D eigenvalue weighted by Gasteiger charge is 2.16. The quantitative estimate of drug-likeness (QED) is 0.528. The first kappa shape index (κ1) is 17.1. The molecular weight excluding hydrogens is 336 g/mol. The number of nitriles is 1. The van der Waals surface area contributed by atoms with Gasteiger partial charge in [0.2, 0.25) is 5.89 Å². The van der Waals surface area contributed by atoms with Gasteiger partial charge in [0, 0.05) is 11.6 Å². The first-order chi connectivity index (χ1) is 12.4. The van der Waals surface area contributed by atoms with Crippen molar-refractivity contribution in [3.05, 3.63) is 79.6 Å². The van der Waals surface area contributed by atoms with E-state index in [1.807, 2.05) is 32.0 Å². The molecule has 130 valence electrons. The van der Waals surface area contributed by atoms with Gasteiger partial charge in [-0.25, -0.2) is 4.98 Å². The van der Waals surface area contributed by atoms with Gasteiger partial charge in [0.15, 0.2) is 0 Å². The molecule has 0 atom stereocenters. The molecule has 0 saturated carbocycles. The number of nitro groups is 1. The number of benzene rings is 1. The van der Waals surface area contributed by atoms with E-state index in [-0.39, 0.29) is 17.8 Å². The Bertz CT molecular complexity index is 1110. The Morgan fingerprint density at radius 2 is 2.12 bits per heavy atom. The Morgan fingerprint density at radius 3 is 2.77 bits per heavy atom. The van der Waals surface area contributed by atoms with E-state index in [0.717, 1.165) is 33.5 Å². The van der Waals surface area contributed by atoms with E-state index in [9.17, 15) is 14.9 Å². The molecule has 0 aliphatic rings. The van der Waals surface area contributed by atoms with E-state index in [1.54, 1.807) is 6.07 Å². The second-order valence-electron chi connectivity index (χ2n) is 5.88. The van der Waals surface area contributed by atoms with Crippen LogP contribution in [0.5, 0.6) is 0 Å². The lowest BCUT2D eigenvalue weighted by molar-refractivity contribution is -0.385. The van der Waals surface area contributed by atoms with Gasteiger partial charge >= 0.3 is 0 Å². The number of hydrogen-bond acceptors (Lipinski definition) is 6. The van der Waals surface area contributed by atoms with Crippen molar-refractivity contribution in [1.82, 2.24) is 9.55 Å². The van der Waals surface area contributed by atoms with Gasteiger partial charge in [0.25, 0.3) is 11.2 Å². The van der Waals surface area contributed by atoms with Gasteiger partial charge < -0.3 is 8.98 Å². The maximum Gasteiger partial charge on any atom is 0.287 e. The number of pyridine rings is 1. The predicted octanol–water partition coefficient (Wildman–Crippen LogP) is 2.95. The molecule has 2 heterocycles. The molecular formula is C18H14N4O4. The third-order valence-electron chi connectivity index (χ3n) is 3.90. The molecule has 8 heteroatoms. The summed E-state index contributed by atoms with van der Waals surface area (Å²) in [5.41, 5.74) is 2.12. The zero-order chi connectivity index (χ0) is 18.8. The monoisotopic (exact) mass is 350 g/mol. The summed E-state index contributed by atoms with van der Waals surface area (Å²) in [4.78, 5) is 26.9. The Labute approximate surface area is 148 Å². The molecule has 1 aromatic carbocycles. The van der Waals surface area contributed by atoms with Crippen LogP contribution < -0.4 is 5.56 Å². The van der Waals surface area contributed by atoms with Gasteiger partial charge in [-0.2, -0.15) is 5.26 Å². The zero-order valence-electron chi connectivity index (χ0n) is 14.1. The lowest BCUT2D eigenvalue weighted by atomic mass is 10.1. The Balaban J connectivity index is 1.97. The minimum absolute atomic E-state index is 0.0381. The molecule has 8 nitrogen and oxygen atoms in total. The van der Waals surface area contributed by atoms with Crippen molar-refractivity contribution in [1.29, 1.82) is 5.26 Å². The highest BCUT2D eigenvalue weighted by Crippen LogP contribution is 2.24. The topological polar surface area (TPSA) is 115 Å². The lowest BCUT2D eigenvalue weighted by Gasteiger charge is -2.04. The molecule has 0 saturated heterocycles. The number of hydrogen-bond donors (Lipinski definition) is 0. The van der Waals surface area contributed by atoms with Crippen LogP contribution in [0.2, 0.25) is 0 Å². The minimum Gasteiger partial charge on any atom is -0.444 e. The van der Waals surface area contributed by atoms with Crippen molar-refractivity contribution in [2.75, 3.05) is 0 Å². The third kappa shape index (κ3) is 3.23. The summed E-state index contributed by atoms with van der Waals surface area (Å²) in [6.45, 7) is 3.89. The molecule has 0 N–H and O–H groups in total. The van der Waals surface area contributed by atoms with Crippen molar-refractivity contribution in [2.24, 2.45) is 0 Å². The number of aryl methyl sites for hydroxylation is 2. The molecule has 0 amide bonds. The smallest absolute Gasteiger partial charge is 0.287 e. The normalized spacial score (nSPS) is 10.5. The van der Waals surface area contributed by atoms with Crippen LogP contribution in [-0.2, 0) is 6.54 Å². The van der Waals surface area contributed by atoms with Crippen molar-refractivity contribution in [2.45, 2.75) is 20.4 Å². The molecule has 26 heavy (non-hydrogen) atoms.